The summed E-state index contributed by atoms with van der Waals surface area (Å²) in [5.41, 5.74) is 5.33. The van der Waals surface area contributed by atoms with Crippen LogP contribution in [0, 0.1) is 11.3 Å². The van der Waals surface area contributed by atoms with Gasteiger partial charge in [-0.1, -0.05) is 38.8 Å². The van der Waals surface area contributed by atoms with E-state index in [1.165, 1.54) is 0 Å². The molecular weight excluding hydrogens is 271 g/mol. The van der Waals surface area contributed by atoms with E-state index >= 15 is 0 Å². The molecule has 1 saturated carbocycles. The van der Waals surface area contributed by atoms with Gasteiger partial charge in [0.1, 0.15) is 0 Å². The van der Waals surface area contributed by atoms with Crippen molar-refractivity contribution in [1.82, 2.24) is 10.1 Å². The molecule has 7 heteroatoms. The lowest BCUT2D eigenvalue weighted by molar-refractivity contribution is -0.159. The van der Waals surface area contributed by atoms with Gasteiger partial charge in [0, 0.05) is 0 Å². The number of aromatic nitrogens is 2. The van der Waals surface area contributed by atoms with Crippen molar-refractivity contribution in [3.05, 3.63) is 11.7 Å². The number of hydrogen-bond donors (Lipinski definition) is 1. The molecular formula is C13H20F3N3O. The Hall–Kier alpha value is -1.11. The summed E-state index contributed by atoms with van der Waals surface area (Å²) in [6.45, 7) is 6.11. The van der Waals surface area contributed by atoms with Gasteiger partial charge in [-0.3, -0.25) is 0 Å². The molecule has 1 aliphatic rings. The van der Waals surface area contributed by atoms with Gasteiger partial charge in [-0.05, 0) is 24.2 Å². The van der Waals surface area contributed by atoms with Crippen LogP contribution in [0.2, 0.25) is 0 Å². The van der Waals surface area contributed by atoms with E-state index in [0.717, 1.165) is 19.3 Å². The summed E-state index contributed by atoms with van der Waals surface area (Å²) in [7, 11) is 0. The van der Waals surface area contributed by atoms with Gasteiger partial charge >= 0.3 is 12.1 Å². The molecule has 0 saturated heterocycles. The van der Waals surface area contributed by atoms with E-state index in [2.05, 4.69) is 14.7 Å². The zero-order valence-electron chi connectivity index (χ0n) is 11.9. The van der Waals surface area contributed by atoms with E-state index in [-0.39, 0.29) is 17.2 Å². The Morgan fingerprint density at radius 1 is 1.25 bits per heavy atom. The van der Waals surface area contributed by atoms with Crippen molar-refractivity contribution < 1.29 is 17.7 Å². The van der Waals surface area contributed by atoms with Gasteiger partial charge in [-0.2, -0.15) is 18.2 Å². The zero-order valence-corrected chi connectivity index (χ0v) is 11.9. The fourth-order valence-corrected chi connectivity index (χ4v) is 3.20. The Bertz CT molecular complexity index is 478. The fourth-order valence-electron chi connectivity index (χ4n) is 3.20. The molecule has 0 spiro atoms. The van der Waals surface area contributed by atoms with Crippen LogP contribution in [0.4, 0.5) is 13.2 Å². The normalized spacial score (nSPS) is 28.6. The van der Waals surface area contributed by atoms with Gasteiger partial charge < -0.3 is 10.3 Å². The van der Waals surface area contributed by atoms with Crippen LogP contribution in [0.15, 0.2) is 4.52 Å². The molecule has 1 heterocycles. The minimum absolute atomic E-state index is 0.0161. The summed E-state index contributed by atoms with van der Waals surface area (Å²) in [6.07, 6.45) is -1.32. The second-order valence-electron chi connectivity index (χ2n) is 6.63. The highest BCUT2D eigenvalue weighted by Crippen LogP contribution is 2.47. The quantitative estimate of drug-likeness (QED) is 0.860. The van der Waals surface area contributed by atoms with E-state index in [9.17, 15) is 13.2 Å². The number of alkyl halides is 3. The molecule has 0 aromatic carbocycles. The average molecular weight is 291 g/mol. The minimum Gasteiger partial charge on any atom is -0.329 e. The van der Waals surface area contributed by atoms with Gasteiger partial charge in [0.05, 0.1) is 5.54 Å². The van der Waals surface area contributed by atoms with Crippen LogP contribution in [0.5, 0.6) is 0 Å². The first-order valence-corrected chi connectivity index (χ1v) is 6.75. The Morgan fingerprint density at radius 2 is 1.90 bits per heavy atom. The number of rotatable bonds is 1. The van der Waals surface area contributed by atoms with Crippen molar-refractivity contribution in [2.75, 3.05) is 0 Å². The summed E-state index contributed by atoms with van der Waals surface area (Å²) >= 11 is 0. The van der Waals surface area contributed by atoms with Gasteiger partial charge in [0.2, 0.25) is 0 Å². The molecule has 2 rings (SSSR count). The van der Waals surface area contributed by atoms with Crippen molar-refractivity contribution in [2.45, 2.75) is 58.2 Å². The lowest BCUT2D eigenvalue weighted by atomic mass is 9.62. The first kappa shape index (κ1) is 15.3. The van der Waals surface area contributed by atoms with E-state index < -0.39 is 17.6 Å². The molecule has 0 bridgehead atoms. The van der Waals surface area contributed by atoms with Crippen molar-refractivity contribution >= 4 is 0 Å². The van der Waals surface area contributed by atoms with E-state index in [1.54, 1.807) is 0 Å². The molecule has 1 fully saturated rings. The Balaban J connectivity index is 2.39. The van der Waals surface area contributed by atoms with Crippen LogP contribution in [-0.4, -0.2) is 10.1 Å². The van der Waals surface area contributed by atoms with Gasteiger partial charge in [0.25, 0.3) is 0 Å². The van der Waals surface area contributed by atoms with Crippen molar-refractivity contribution in [3.8, 4) is 0 Å². The molecule has 0 amide bonds. The lowest BCUT2D eigenvalue weighted by Gasteiger charge is -2.46. The van der Waals surface area contributed by atoms with Crippen molar-refractivity contribution in [1.29, 1.82) is 0 Å². The monoisotopic (exact) mass is 291 g/mol. The minimum atomic E-state index is -4.63. The number of nitrogens with zero attached hydrogens (tertiary/aromatic N) is 2. The van der Waals surface area contributed by atoms with Crippen LogP contribution >= 0.6 is 0 Å². The van der Waals surface area contributed by atoms with Crippen LogP contribution in [0.3, 0.4) is 0 Å². The van der Waals surface area contributed by atoms with Gasteiger partial charge in [0.15, 0.2) is 5.82 Å². The highest BCUT2D eigenvalue weighted by atomic mass is 19.4. The standard InChI is InChI=1S/C13H20F3N3O/c1-11(2,3)8-6-4-5-7-12(8,17)9-18-10(20-19-9)13(14,15)16/h8H,4-7,17H2,1-3H3. The van der Waals surface area contributed by atoms with Crippen molar-refractivity contribution in [2.24, 2.45) is 17.1 Å². The summed E-state index contributed by atoms with van der Waals surface area (Å²) in [6, 6.07) is 0. The summed E-state index contributed by atoms with van der Waals surface area (Å²) < 4.78 is 42.1. The highest BCUT2D eigenvalue weighted by molar-refractivity contribution is 5.11. The van der Waals surface area contributed by atoms with E-state index in [0.29, 0.717) is 6.42 Å². The van der Waals surface area contributed by atoms with Gasteiger partial charge in [-0.15, -0.1) is 0 Å². The third-order valence-corrected chi connectivity index (χ3v) is 4.09. The molecule has 1 aliphatic carbocycles. The predicted octanol–water partition coefficient (Wildman–Crippen LogP) is 3.48. The molecule has 2 unspecified atom stereocenters. The molecule has 20 heavy (non-hydrogen) atoms. The maximum absolute atomic E-state index is 12.6. The topological polar surface area (TPSA) is 64.9 Å². The fraction of sp³-hybridized carbons (Fsp3) is 0.846. The maximum atomic E-state index is 12.6. The van der Waals surface area contributed by atoms with Crippen LogP contribution in [0.25, 0.3) is 0 Å². The second kappa shape index (κ2) is 4.72. The molecule has 2 atom stereocenters. The maximum Gasteiger partial charge on any atom is 0.471 e. The van der Waals surface area contributed by atoms with E-state index in [1.807, 2.05) is 20.8 Å². The molecule has 1 aromatic heterocycles. The molecule has 114 valence electrons. The Morgan fingerprint density at radius 3 is 2.40 bits per heavy atom. The second-order valence-corrected chi connectivity index (χ2v) is 6.63. The summed E-state index contributed by atoms with van der Waals surface area (Å²) in [4.78, 5) is 3.51. The largest absolute Gasteiger partial charge is 0.471 e. The lowest BCUT2D eigenvalue weighted by Crippen LogP contribution is -2.52. The molecule has 0 radical (unpaired) electrons. The van der Waals surface area contributed by atoms with E-state index in [4.69, 9.17) is 5.73 Å². The number of hydrogen-bond acceptors (Lipinski definition) is 4. The SMILES string of the molecule is CC(C)(C)C1CCCCC1(N)c1noc(C(F)(F)F)n1. The number of halogens is 3. The summed E-state index contributed by atoms with van der Waals surface area (Å²) in [5, 5.41) is 3.51. The first-order valence-electron chi connectivity index (χ1n) is 6.75. The molecule has 2 N–H and O–H groups in total. The number of nitrogens with two attached hydrogens (primary N) is 1. The Labute approximate surface area is 115 Å². The van der Waals surface area contributed by atoms with Gasteiger partial charge in [-0.25, -0.2) is 0 Å². The third kappa shape index (κ3) is 2.68. The van der Waals surface area contributed by atoms with Crippen LogP contribution in [-0.2, 0) is 11.7 Å². The van der Waals surface area contributed by atoms with Crippen molar-refractivity contribution in [3.63, 3.8) is 0 Å². The highest BCUT2D eigenvalue weighted by Gasteiger charge is 2.49. The smallest absolute Gasteiger partial charge is 0.329 e. The Kier molecular flexibility index (Phi) is 3.60. The molecule has 0 aliphatic heterocycles. The molecule has 1 aromatic rings. The zero-order chi connectivity index (χ0) is 15.2. The average Bonchev–Trinajstić information content (AvgIpc) is 2.77. The third-order valence-electron chi connectivity index (χ3n) is 4.09. The van der Waals surface area contributed by atoms with Crippen LogP contribution in [0.1, 0.15) is 58.2 Å². The summed E-state index contributed by atoms with van der Waals surface area (Å²) in [5.74, 6) is -1.33. The predicted molar refractivity (Wildman–Crippen MR) is 66.6 cm³/mol. The van der Waals surface area contributed by atoms with Crippen LogP contribution < -0.4 is 5.73 Å². The first-order chi connectivity index (χ1) is 9.05. The molecule has 4 nitrogen and oxygen atoms in total.